The van der Waals surface area contributed by atoms with Gasteiger partial charge in [0.25, 0.3) is 0 Å². The largest absolute Gasteiger partial charge is 0.383 e. The van der Waals surface area contributed by atoms with Crippen LogP contribution in [0.1, 0.15) is 86.6 Å². The molecular formula is C31H51N3. The number of nitrogens with zero attached hydrogens (tertiary/aromatic N) is 2. The van der Waals surface area contributed by atoms with Crippen molar-refractivity contribution in [3.8, 4) is 0 Å². The summed E-state index contributed by atoms with van der Waals surface area (Å²) < 4.78 is 0. The van der Waals surface area contributed by atoms with Crippen molar-refractivity contribution in [2.45, 2.75) is 106 Å². The Kier molecular flexibility index (Phi) is 11.8. The predicted molar refractivity (Wildman–Crippen MR) is 154 cm³/mol. The molecule has 3 heteroatoms. The quantitative estimate of drug-likeness (QED) is 0.266. The Bertz CT molecular complexity index is 721. The summed E-state index contributed by atoms with van der Waals surface area (Å²) in [6.07, 6.45) is 6.24. The molecule has 0 aliphatic carbocycles. The maximum atomic E-state index is 3.48. The molecule has 0 heterocycles. The van der Waals surface area contributed by atoms with Gasteiger partial charge in [0.15, 0.2) is 0 Å². The van der Waals surface area contributed by atoms with Crippen LogP contribution in [0.5, 0.6) is 0 Å². The standard InChI is InChI=1S/C31H51N3/c1-24(2)23-28-13-17-30(18-14-28)33(26(5)6)21-11-9-10-12-22-34(27(7)8)31-19-15-29(16-20-31)32-25(3)4/h13-20,24-27,32H,9-12,21-23H2,1-8H3. The van der Waals surface area contributed by atoms with Crippen molar-refractivity contribution in [1.82, 2.24) is 0 Å². The van der Waals surface area contributed by atoms with Gasteiger partial charge in [-0.25, -0.2) is 0 Å². The van der Waals surface area contributed by atoms with Gasteiger partial charge in [-0.1, -0.05) is 38.8 Å². The monoisotopic (exact) mass is 465 g/mol. The summed E-state index contributed by atoms with van der Waals surface area (Å²) in [5.74, 6) is 0.708. The lowest BCUT2D eigenvalue weighted by Crippen LogP contribution is -2.32. The molecular weight excluding hydrogens is 414 g/mol. The first-order chi connectivity index (χ1) is 16.2. The van der Waals surface area contributed by atoms with Gasteiger partial charge in [-0.05, 0) is 109 Å². The summed E-state index contributed by atoms with van der Waals surface area (Å²) >= 11 is 0. The second-order valence-corrected chi connectivity index (χ2v) is 11.1. The van der Waals surface area contributed by atoms with Crippen LogP contribution in [0.3, 0.4) is 0 Å². The maximum absolute atomic E-state index is 3.48. The third kappa shape index (κ3) is 9.60. The molecule has 2 rings (SSSR count). The molecule has 0 saturated carbocycles. The van der Waals surface area contributed by atoms with Gasteiger partial charge in [0, 0.05) is 48.3 Å². The lowest BCUT2D eigenvalue weighted by molar-refractivity contribution is 0.578. The first-order valence-electron chi connectivity index (χ1n) is 13.7. The minimum atomic E-state index is 0.461. The molecule has 0 radical (unpaired) electrons. The molecule has 0 bridgehead atoms. The molecule has 34 heavy (non-hydrogen) atoms. The van der Waals surface area contributed by atoms with Crippen molar-refractivity contribution in [2.24, 2.45) is 5.92 Å². The number of rotatable bonds is 15. The molecule has 0 amide bonds. The summed E-state index contributed by atoms with van der Waals surface area (Å²) in [6.45, 7) is 20.4. The van der Waals surface area contributed by atoms with Crippen molar-refractivity contribution >= 4 is 17.1 Å². The molecule has 1 N–H and O–H groups in total. The average molecular weight is 466 g/mol. The molecule has 0 fully saturated rings. The van der Waals surface area contributed by atoms with Gasteiger partial charge < -0.3 is 15.1 Å². The summed E-state index contributed by atoms with van der Waals surface area (Å²) in [6, 6.07) is 19.7. The van der Waals surface area contributed by atoms with Crippen LogP contribution in [-0.4, -0.2) is 31.2 Å². The minimum absolute atomic E-state index is 0.461. The first-order valence-corrected chi connectivity index (χ1v) is 13.7. The molecule has 3 nitrogen and oxygen atoms in total. The molecule has 0 unspecified atom stereocenters. The topological polar surface area (TPSA) is 18.5 Å². The lowest BCUT2D eigenvalue weighted by atomic mass is 10.0. The highest BCUT2D eigenvalue weighted by Gasteiger charge is 2.12. The Balaban J connectivity index is 1.79. The van der Waals surface area contributed by atoms with Crippen LogP contribution in [0.15, 0.2) is 48.5 Å². The molecule has 0 atom stereocenters. The fourth-order valence-corrected chi connectivity index (χ4v) is 4.67. The van der Waals surface area contributed by atoms with Gasteiger partial charge in [-0.2, -0.15) is 0 Å². The van der Waals surface area contributed by atoms with Crippen molar-refractivity contribution in [3.05, 3.63) is 54.1 Å². The summed E-state index contributed by atoms with van der Waals surface area (Å²) in [5, 5.41) is 3.48. The zero-order valence-corrected chi connectivity index (χ0v) is 23.3. The molecule has 190 valence electrons. The Labute approximate surface area is 210 Å². The van der Waals surface area contributed by atoms with E-state index in [2.05, 4.69) is 119 Å². The van der Waals surface area contributed by atoms with E-state index in [1.807, 2.05) is 0 Å². The highest BCUT2D eigenvalue weighted by atomic mass is 15.2. The molecule has 2 aromatic rings. The molecule has 0 aromatic heterocycles. The molecule has 2 aromatic carbocycles. The van der Waals surface area contributed by atoms with Crippen molar-refractivity contribution in [1.29, 1.82) is 0 Å². The highest BCUT2D eigenvalue weighted by molar-refractivity contribution is 5.55. The Morgan fingerprint density at radius 1 is 0.588 bits per heavy atom. The number of hydrogen-bond donors (Lipinski definition) is 1. The SMILES string of the molecule is CC(C)Cc1ccc(N(CCCCCCN(c2ccc(NC(C)C)cc2)C(C)C)C(C)C)cc1. The average Bonchev–Trinajstić information content (AvgIpc) is 2.76. The third-order valence-corrected chi connectivity index (χ3v) is 6.36. The maximum Gasteiger partial charge on any atom is 0.0370 e. The van der Waals surface area contributed by atoms with Crippen molar-refractivity contribution in [3.63, 3.8) is 0 Å². The summed E-state index contributed by atoms with van der Waals surface area (Å²) in [4.78, 5) is 5.10. The Morgan fingerprint density at radius 3 is 1.41 bits per heavy atom. The van der Waals surface area contributed by atoms with Gasteiger partial charge in [0.1, 0.15) is 0 Å². The van der Waals surface area contributed by atoms with Crippen molar-refractivity contribution in [2.75, 3.05) is 28.2 Å². The van der Waals surface area contributed by atoms with E-state index >= 15 is 0 Å². The van der Waals surface area contributed by atoms with Gasteiger partial charge >= 0.3 is 0 Å². The van der Waals surface area contributed by atoms with E-state index in [0.717, 1.165) is 19.5 Å². The van der Waals surface area contributed by atoms with Crippen molar-refractivity contribution < 1.29 is 0 Å². The zero-order chi connectivity index (χ0) is 25.1. The van der Waals surface area contributed by atoms with E-state index in [-0.39, 0.29) is 0 Å². The lowest BCUT2D eigenvalue weighted by Gasteiger charge is -2.30. The second kappa shape index (κ2) is 14.3. The highest BCUT2D eigenvalue weighted by Crippen LogP contribution is 2.23. The normalized spacial score (nSPS) is 11.6. The van der Waals surface area contributed by atoms with Gasteiger partial charge in [-0.15, -0.1) is 0 Å². The number of benzene rings is 2. The van der Waals surface area contributed by atoms with Crippen LogP contribution < -0.4 is 15.1 Å². The van der Waals surface area contributed by atoms with Gasteiger partial charge in [-0.3, -0.25) is 0 Å². The van der Waals surface area contributed by atoms with Gasteiger partial charge in [0.05, 0.1) is 0 Å². The van der Waals surface area contributed by atoms with E-state index in [4.69, 9.17) is 0 Å². The van der Waals surface area contributed by atoms with Crippen LogP contribution in [-0.2, 0) is 6.42 Å². The summed E-state index contributed by atoms with van der Waals surface area (Å²) in [5.41, 5.74) is 5.34. The predicted octanol–water partition coefficient (Wildman–Crippen LogP) is 8.40. The van der Waals surface area contributed by atoms with E-state index in [9.17, 15) is 0 Å². The van der Waals surface area contributed by atoms with E-state index < -0.39 is 0 Å². The molecule has 0 aliphatic rings. The second-order valence-electron chi connectivity index (χ2n) is 11.1. The Morgan fingerprint density at radius 2 is 1.03 bits per heavy atom. The number of anilines is 3. The van der Waals surface area contributed by atoms with E-state index in [1.54, 1.807) is 0 Å². The van der Waals surface area contributed by atoms with Crippen LogP contribution in [0.4, 0.5) is 17.1 Å². The molecule has 0 spiro atoms. The number of unbranched alkanes of at least 4 members (excludes halogenated alkanes) is 3. The van der Waals surface area contributed by atoms with Crippen LogP contribution >= 0.6 is 0 Å². The van der Waals surface area contributed by atoms with Crippen LogP contribution in [0.2, 0.25) is 0 Å². The summed E-state index contributed by atoms with van der Waals surface area (Å²) in [7, 11) is 0. The smallest absolute Gasteiger partial charge is 0.0370 e. The third-order valence-electron chi connectivity index (χ3n) is 6.36. The fourth-order valence-electron chi connectivity index (χ4n) is 4.67. The Hall–Kier alpha value is -2.16. The van der Waals surface area contributed by atoms with Crippen LogP contribution in [0.25, 0.3) is 0 Å². The van der Waals surface area contributed by atoms with Crippen LogP contribution in [0, 0.1) is 5.92 Å². The minimum Gasteiger partial charge on any atom is -0.383 e. The zero-order valence-electron chi connectivity index (χ0n) is 23.3. The molecule has 0 saturated heterocycles. The first kappa shape index (κ1) is 28.1. The number of nitrogens with one attached hydrogen (secondary N) is 1. The molecule has 0 aliphatic heterocycles. The van der Waals surface area contributed by atoms with E-state index in [0.29, 0.717) is 24.0 Å². The van der Waals surface area contributed by atoms with E-state index in [1.165, 1.54) is 48.3 Å². The van der Waals surface area contributed by atoms with Gasteiger partial charge in [0.2, 0.25) is 0 Å². The fraction of sp³-hybridized carbons (Fsp3) is 0.613. The number of hydrogen-bond acceptors (Lipinski definition) is 3.